The summed E-state index contributed by atoms with van der Waals surface area (Å²) in [6.07, 6.45) is 9.90. The Labute approximate surface area is 149 Å². The van der Waals surface area contributed by atoms with Crippen LogP contribution in [0.4, 0.5) is 0 Å². The Morgan fingerprint density at radius 1 is 0.880 bits per heavy atom. The Morgan fingerprint density at radius 3 is 2.12 bits per heavy atom. The smallest absolute Gasteiger partial charge is 0.306 e. The lowest BCUT2D eigenvalue weighted by atomic mass is 9.82. The Morgan fingerprint density at radius 2 is 1.52 bits per heavy atom. The number of carbonyl (C=O) groups is 3. The third-order valence-corrected chi connectivity index (χ3v) is 5.44. The molecule has 0 bridgehead atoms. The summed E-state index contributed by atoms with van der Waals surface area (Å²) in [6.45, 7) is 0.572. The molecule has 0 radical (unpaired) electrons. The van der Waals surface area contributed by atoms with Crippen LogP contribution in [0.2, 0.25) is 0 Å². The van der Waals surface area contributed by atoms with Gasteiger partial charge in [-0.3, -0.25) is 14.4 Å². The molecule has 0 atom stereocenters. The van der Waals surface area contributed by atoms with Crippen molar-refractivity contribution in [1.29, 1.82) is 0 Å². The van der Waals surface area contributed by atoms with E-state index in [0.29, 0.717) is 25.3 Å². The van der Waals surface area contributed by atoms with Gasteiger partial charge in [-0.15, -0.1) is 0 Å². The van der Waals surface area contributed by atoms with E-state index >= 15 is 0 Å². The largest absolute Gasteiger partial charge is 0.481 e. The monoisotopic (exact) mass is 353 g/mol. The molecule has 1 amide bonds. The van der Waals surface area contributed by atoms with E-state index < -0.39 is 5.97 Å². The number of esters is 1. The third kappa shape index (κ3) is 7.45. The van der Waals surface area contributed by atoms with Crippen LogP contribution in [0, 0.1) is 11.8 Å². The number of ether oxygens (including phenoxy) is 1. The zero-order chi connectivity index (χ0) is 18.1. The Kier molecular flexibility index (Phi) is 8.22. The highest BCUT2D eigenvalue weighted by molar-refractivity contribution is 5.81. The Balaban J connectivity index is 1.56. The van der Waals surface area contributed by atoms with E-state index in [1.54, 1.807) is 0 Å². The van der Waals surface area contributed by atoms with E-state index in [1.807, 2.05) is 0 Å². The minimum absolute atomic E-state index is 0.0301. The number of carboxylic acids is 1. The molecule has 0 spiro atoms. The number of rotatable bonds is 7. The van der Waals surface area contributed by atoms with Crippen molar-refractivity contribution in [1.82, 2.24) is 5.32 Å². The van der Waals surface area contributed by atoms with Gasteiger partial charge in [-0.05, 0) is 57.3 Å². The fourth-order valence-corrected chi connectivity index (χ4v) is 3.78. The molecule has 0 aliphatic heterocycles. The van der Waals surface area contributed by atoms with Gasteiger partial charge in [0.25, 0.3) is 0 Å². The minimum atomic E-state index is -0.713. The van der Waals surface area contributed by atoms with Crippen molar-refractivity contribution in [2.75, 3.05) is 6.54 Å². The highest BCUT2D eigenvalue weighted by Crippen LogP contribution is 2.28. The molecule has 2 fully saturated rings. The fraction of sp³-hybridized carbons (Fsp3) is 0.842. The SMILES string of the molecule is O=C(CCC(=O)OC1CCCCCC1)NCC1CCC(C(=O)O)CC1. The molecule has 25 heavy (non-hydrogen) atoms. The van der Waals surface area contributed by atoms with Crippen LogP contribution in [0.25, 0.3) is 0 Å². The van der Waals surface area contributed by atoms with Crippen molar-refractivity contribution in [2.45, 2.75) is 83.2 Å². The van der Waals surface area contributed by atoms with Gasteiger partial charge < -0.3 is 15.2 Å². The second-order valence-corrected chi connectivity index (χ2v) is 7.46. The van der Waals surface area contributed by atoms with Gasteiger partial charge in [0.1, 0.15) is 6.10 Å². The molecule has 2 N–H and O–H groups in total. The molecular weight excluding hydrogens is 322 g/mol. The number of carbonyl (C=O) groups excluding carboxylic acids is 2. The first-order valence-electron chi connectivity index (χ1n) is 9.73. The molecule has 2 aliphatic carbocycles. The van der Waals surface area contributed by atoms with Gasteiger partial charge in [-0.1, -0.05) is 12.8 Å². The molecule has 0 heterocycles. The van der Waals surface area contributed by atoms with Gasteiger partial charge >= 0.3 is 11.9 Å². The number of amides is 1. The summed E-state index contributed by atoms with van der Waals surface area (Å²) in [6, 6.07) is 0. The zero-order valence-electron chi connectivity index (χ0n) is 15.0. The van der Waals surface area contributed by atoms with Crippen molar-refractivity contribution in [2.24, 2.45) is 11.8 Å². The number of carboxylic acid groups (broad SMARTS) is 1. The van der Waals surface area contributed by atoms with Crippen LogP contribution in [0.15, 0.2) is 0 Å². The standard InChI is InChI=1S/C19H31NO5/c21-17(20-13-14-7-9-15(10-8-14)19(23)24)11-12-18(22)25-16-5-3-1-2-4-6-16/h14-16H,1-13H2,(H,20,21)(H,23,24). The fourth-order valence-electron chi connectivity index (χ4n) is 3.78. The lowest BCUT2D eigenvalue weighted by Gasteiger charge is -2.26. The maximum atomic E-state index is 11.9. The molecule has 0 aromatic rings. The van der Waals surface area contributed by atoms with Crippen LogP contribution in [-0.4, -0.2) is 35.6 Å². The lowest BCUT2D eigenvalue weighted by Crippen LogP contribution is -2.32. The molecule has 6 nitrogen and oxygen atoms in total. The number of hydrogen-bond acceptors (Lipinski definition) is 4. The van der Waals surface area contributed by atoms with Crippen LogP contribution < -0.4 is 5.32 Å². The highest BCUT2D eigenvalue weighted by atomic mass is 16.5. The molecule has 6 heteroatoms. The molecule has 2 rings (SSSR count). The summed E-state index contributed by atoms with van der Waals surface area (Å²) in [5.74, 6) is -1.000. The van der Waals surface area contributed by atoms with Gasteiger partial charge in [-0.2, -0.15) is 0 Å². The molecule has 0 saturated heterocycles. The van der Waals surface area contributed by atoms with Crippen LogP contribution in [0.3, 0.4) is 0 Å². The van der Waals surface area contributed by atoms with E-state index in [2.05, 4.69) is 5.32 Å². The normalized spacial score (nSPS) is 25.0. The topological polar surface area (TPSA) is 92.7 Å². The molecule has 0 unspecified atom stereocenters. The summed E-state index contributed by atoms with van der Waals surface area (Å²) < 4.78 is 5.48. The molecule has 0 aromatic carbocycles. The predicted octanol–water partition coefficient (Wildman–Crippen LogP) is 3.04. The van der Waals surface area contributed by atoms with Crippen molar-refractivity contribution < 1.29 is 24.2 Å². The van der Waals surface area contributed by atoms with Gasteiger partial charge in [0.2, 0.25) is 5.91 Å². The lowest BCUT2D eigenvalue weighted by molar-refractivity contribution is -0.150. The quantitative estimate of drug-likeness (QED) is 0.542. The first-order valence-corrected chi connectivity index (χ1v) is 9.73. The summed E-state index contributed by atoms with van der Waals surface area (Å²) in [5.41, 5.74) is 0. The van der Waals surface area contributed by atoms with E-state index in [1.165, 1.54) is 12.8 Å². The predicted molar refractivity (Wildman–Crippen MR) is 92.9 cm³/mol. The van der Waals surface area contributed by atoms with Crippen molar-refractivity contribution >= 4 is 17.8 Å². The van der Waals surface area contributed by atoms with Crippen LogP contribution in [-0.2, 0) is 19.1 Å². The van der Waals surface area contributed by atoms with Crippen molar-refractivity contribution in [3.8, 4) is 0 Å². The summed E-state index contributed by atoms with van der Waals surface area (Å²) >= 11 is 0. The highest BCUT2D eigenvalue weighted by Gasteiger charge is 2.26. The molecule has 2 aliphatic rings. The van der Waals surface area contributed by atoms with Gasteiger partial charge in [-0.25, -0.2) is 0 Å². The molecule has 142 valence electrons. The van der Waals surface area contributed by atoms with Gasteiger partial charge in [0.15, 0.2) is 0 Å². The second-order valence-electron chi connectivity index (χ2n) is 7.46. The summed E-state index contributed by atoms with van der Waals surface area (Å²) in [4.78, 5) is 34.7. The van der Waals surface area contributed by atoms with Gasteiger partial charge in [0.05, 0.1) is 12.3 Å². The summed E-state index contributed by atoms with van der Waals surface area (Å²) in [7, 11) is 0. The molecule has 2 saturated carbocycles. The molecule has 0 aromatic heterocycles. The third-order valence-electron chi connectivity index (χ3n) is 5.44. The maximum Gasteiger partial charge on any atom is 0.306 e. The minimum Gasteiger partial charge on any atom is -0.481 e. The zero-order valence-corrected chi connectivity index (χ0v) is 15.0. The first-order chi connectivity index (χ1) is 12.0. The maximum absolute atomic E-state index is 11.9. The second kappa shape index (κ2) is 10.4. The first kappa shape index (κ1) is 19.7. The van der Waals surface area contributed by atoms with E-state index in [0.717, 1.165) is 38.5 Å². The summed E-state index contributed by atoms with van der Waals surface area (Å²) in [5, 5.41) is 11.9. The average Bonchev–Trinajstić information content (AvgIpc) is 2.87. The van der Waals surface area contributed by atoms with Crippen molar-refractivity contribution in [3.05, 3.63) is 0 Å². The number of hydrogen-bond donors (Lipinski definition) is 2. The van der Waals surface area contributed by atoms with Crippen molar-refractivity contribution in [3.63, 3.8) is 0 Å². The Bertz CT molecular complexity index is 449. The van der Waals surface area contributed by atoms with Gasteiger partial charge in [0, 0.05) is 13.0 Å². The number of aliphatic carboxylic acids is 1. The van der Waals surface area contributed by atoms with Crippen LogP contribution in [0.1, 0.15) is 77.0 Å². The average molecular weight is 353 g/mol. The van der Waals surface area contributed by atoms with E-state index in [9.17, 15) is 14.4 Å². The van der Waals surface area contributed by atoms with Crippen LogP contribution >= 0.6 is 0 Å². The van der Waals surface area contributed by atoms with E-state index in [4.69, 9.17) is 9.84 Å². The Hall–Kier alpha value is -1.59. The van der Waals surface area contributed by atoms with E-state index in [-0.39, 0.29) is 36.7 Å². The molecular formula is C19H31NO5. The number of nitrogens with one attached hydrogen (secondary N) is 1. The van der Waals surface area contributed by atoms with Crippen LogP contribution in [0.5, 0.6) is 0 Å².